The number of nitrogens with one attached hydrogen (secondary N) is 3. The van der Waals surface area contributed by atoms with Crippen LogP contribution in [0.15, 0.2) is 18.3 Å². The van der Waals surface area contributed by atoms with Gasteiger partial charge in [0.25, 0.3) is 5.91 Å². The molecule has 2 atom stereocenters. The Morgan fingerprint density at radius 2 is 1.92 bits per heavy atom. The summed E-state index contributed by atoms with van der Waals surface area (Å²) in [6, 6.07) is 1.18. The first kappa shape index (κ1) is 25.4. The molecule has 2 aromatic heterocycles. The van der Waals surface area contributed by atoms with Crippen LogP contribution in [-0.4, -0.2) is 65.5 Å². The SMILES string of the molecule is C[C@H](NC(=O)O)[C@H](Nc1nc(Nc2cnc(N3CCOCC3)c(F)c2)c(C(N)=O)cc1F)C1CCC1. The van der Waals surface area contributed by atoms with Crippen LogP contribution in [0.5, 0.6) is 0 Å². The number of primary amides is 1. The second-order valence-corrected chi connectivity index (χ2v) is 8.93. The highest BCUT2D eigenvalue weighted by molar-refractivity contribution is 5.98. The van der Waals surface area contributed by atoms with Crippen LogP contribution in [0.4, 0.5) is 36.7 Å². The number of nitrogens with zero attached hydrogens (tertiary/aromatic N) is 3. The minimum atomic E-state index is -1.19. The predicted octanol–water partition coefficient (Wildman–Crippen LogP) is 2.67. The molecule has 0 spiro atoms. The maximum absolute atomic E-state index is 14.9. The van der Waals surface area contributed by atoms with Crippen molar-refractivity contribution in [1.82, 2.24) is 15.3 Å². The van der Waals surface area contributed by atoms with Gasteiger partial charge in [0.05, 0.1) is 36.7 Å². The third-order valence-corrected chi connectivity index (χ3v) is 6.49. The lowest BCUT2D eigenvalue weighted by Gasteiger charge is -2.38. The molecule has 2 aromatic rings. The maximum atomic E-state index is 14.9. The Balaban J connectivity index is 1.60. The van der Waals surface area contributed by atoms with E-state index >= 15 is 0 Å². The number of carboxylic acid groups (broad SMARTS) is 1. The molecule has 0 bridgehead atoms. The molecule has 1 aliphatic heterocycles. The molecule has 36 heavy (non-hydrogen) atoms. The summed E-state index contributed by atoms with van der Waals surface area (Å²) in [7, 11) is 0. The lowest BCUT2D eigenvalue weighted by Crippen LogP contribution is -2.50. The average molecular weight is 506 g/mol. The van der Waals surface area contributed by atoms with Gasteiger partial charge in [0.2, 0.25) is 0 Å². The highest BCUT2D eigenvalue weighted by atomic mass is 19.1. The fourth-order valence-electron chi connectivity index (χ4n) is 4.41. The van der Waals surface area contributed by atoms with Crippen LogP contribution >= 0.6 is 0 Å². The van der Waals surface area contributed by atoms with Gasteiger partial charge < -0.3 is 36.4 Å². The van der Waals surface area contributed by atoms with E-state index in [9.17, 15) is 18.4 Å². The van der Waals surface area contributed by atoms with Gasteiger partial charge in [0.1, 0.15) is 5.82 Å². The molecule has 3 heterocycles. The number of anilines is 4. The summed E-state index contributed by atoms with van der Waals surface area (Å²) in [4.78, 5) is 33.3. The highest BCUT2D eigenvalue weighted by Crippen LogP contribution is 2.34. The number of pyridine rings is 2. The molecule has 13 heteroatoms. The highest BCUT2D eigenvalue weighted by Gasteiger charge is 2.33. The zero-order valence-electron chi connectivity index (χ0n) is 19.8. The molecular weight excluding hydrogens is 476 g/mol. The fourth-order valence-corrected chi connectivity index (χ4v) is 4.41. The van der Waals surface area contributed by atoms with Gasteiger partial charge >= 0.3 is 6.09 Å². The van der Waals surface area contributed by atoms with Crippen molar-refractivity contribution in [3.8, 4) is 0 Å². The van der Waals surface area contributed by atoms with Crippen LogP contribution in [0.1, 0.15) is 36.5 Å². The summed E-state index contributed by atoms with van der Waals surface area (Å²) in [6.07, 6.45) is 2.90. The van der Waals surface area contributed by atoms with Crippen molar-refractivity contribution in [1.29, 1.82) is 0 Å². The van der Waals surface area contributed by atoms with Crippen LogP contribution in [0.25, 0.3) is 0 Å². The Hall–Kier alpha value is -3.74. The molecule has 4 rings (SSSR count). The third kappa shape index (κ3) is 5.73. The van der Waals surface area contributed by atoms with E-state index < -0.39 is 35.7 Å². The Morgan fingerprint density at radius 1 is 1.19 bits per heavy atom. The fraction of sp³-hybridized carbons (Fsp3) is 0.478. The number of ether oxygens (including phenoxy) is 1. The predicted molar refractivity (Wildman–Crippen MR) is 129 cm³/mol. The third-order valence-electron chi connectivity index (χ3n) is 6.49. The molecule has 11 nitrogen and oxygen atoms in total. The molecule has 1 saturated carbocycles. The van der Waals surface area contributed by atoms with Gasteiger partial charge in [-0.25, -0.2) is 23.5 Å². The first-order valence-corrected chi connectivity index (χ1v) is 11.7. The van der Waals surface area contributed by atoms with Crippen molar-refractivity contribution in [3.63, 3.8) is 0 Å². The first-order chi connectivity index (χ1) is 17.2. The van der Waals surface area contributed by atoms with E-state index in [1.807, 2.05) is 0 Å². The number of rotatable bonds is 9. The molecule has 1 aliphatic carbocycles. The summed E-state index contributed by atoms with van der Waals surface area (Å²) in [5.74, 6) is -2.31. The number of halogens is 2. The summed E-state index contributed by atoms with van der Waals surface area (Å²) >= 11 is 0. The quantitative estimate of drug-likeness (QED) is 0.346. The van der Waals surface area contributed by atoms with E-state index in [0.717, 1.165) is 25.3 Å². The van der Waals surface area contributed by atoms with Gasteiger partial charge in [-0.05, 0) is 31.7 Å². The van der Waals surface area contributed by atoms with Crippen molar-refractivity contribution >= 4 is 35.1 Å². The van der Waals surface area contributed by atoms with Crippen LogP contribution in [-0.2, 0) is 4.74 Å². The second-order valence-electron chi connectivity index (χ2n) is 8.93. The smallest absolute Gasteiger partial charge is 0.404 e. The van der Waals surface area contributed by atoms with Crippen molar-refractivity contribution < 1.29 is 28.2 Å². The topological polar surface area (TPSA) is 155 Å². The molecule has 0 aromatic carbocycles. The number of hydrogen-bond donors (Lipinski definition) is 5. The Labute approximate surface area is 206 Å². The van der Waals surface area contributed by atoms with E-state index in [0.29, 0.717) is 26.3 Å². The van der Waals surface area contributed by atoms with Crippen molar-refractivity contribution in [3.05, 3.63) is 35.5 Å². The normalized spacial score (nSPS) is 17.6. The number of aromatic nitrogens is 2. The zero-order chi connectivity index (χ0) is 25.8. The lowest BCUT2D eigenvalue weighted by atomic mass is 9.77. The number of carbonyl (C=O) groups is 2. The van der Waals surface area contributed by atoms with Gasteiger partial charge in [-0.3, -0.25) is 4.79 Å². The van der Waals surface area contributed by atoms with E-state index in [1.54, 1.807) is 11.8 Å². The number of hydrogen-bond acceptors (Lipinski definition) is 8. The molecule has 2 amide bonds. The van der Waals surface area contributed by atoms with Gasteiger partial charge in [0, 0.05) is 25.2 Å². The zero-order valence-corrected chi connectivity index (χ0v) is 19.8. The van der Waals surface area contributed by atoms with Gasteiger partial charge in [-0.1, -0.05) is 6.42 Å². The van der Waals surface area contributed by atoms with Crippen molar-refractivity contribution in [2.45, 2.75) is 38.3 Å². The standard InChI is InChI=1S/C23H29F2N7O4/c1-12(28-23(34)35)18(13-3-2-4-13)30-21-16(24)10-15(19(26)33)20(31-21)29-14-9-17(25)22(27-11-14)32-5-7-36-8-6-32/h9-13,18,28H,2-8H2,1H3,(H2,26,33)(H,34,35)(H2,29,30,31)/t12-,18-/m0/s1. The molecular formula is C23H29F2N7O4. The Kier molecular flexibility index (Phi) is 7.67. The average Bonchev–Trinajstić information content (AvgIpc) is 2.79. The molecule has 6 N–H and O–H groups in total. The van der Waals surface area contributed by atoms with E-state index in [4.69, 9.17) is 15.6 Å². The minimum absolute atomic E-state index is 0.0853. The van der Waals surface area contributed by atoms with Gasteiger partial charge in [-0.15, -0.1) is 0 Å². The number of nitrogens with two attached hydrogens (primary N) is 1. The van der Waals surface area contributed by atoms with E-state index in [1.165, 1.54) is 12.3 Å². The van der Waals surface area contributed by atoms with Crippen molar-refractivity contribution in [2.24, 2.45) is 11.7 Å². The maximum Gasteiger partial charge on any atom is 0.404 e. The van der Waals surface area contributed by atoms with Crippen LogP contribution in [0, 0.1) is 17.6 Å². The largest absolute Gasteiger partial charge is 0.465 e. The number of morpholine rings is 1. The number of amides is 2. The minimum Gasteiger partial charge on any atom is -0.465 e. The summed E-state index contributed by atoms with van der Waals surface area (Å²) in [5, 5.41) is 17.3. The van der Waals surface area contributed by atoms with Crippen LogP contribution in [0.2, 0.25) is 0 Å². The Morgan fingerprint density at radius 3 is 2.50 bits per heavy atom. The monoisotopic (exact) mass is 505 g/mol. The van der Waals surface area contributed by atoms with Crippen LogP contribution < -0.4 is 26.6 Å². The van der Waals surface area contributed by atoms with E-state index in [-0.39, 0.29) is 34.6 Å². The molecule has 2 aliphatic rings. The summed E-state index contributed by atoms with van der Waals surface area (Å²) in [5.41, 5.74) is 5.39. The molecule has 2 fully saturated rings. The number of carbonyl (C=O) groups excluding carboxylic acids is 1. The molecule has 194 valence electrons. The second kappa shape index (κ2) is 10.9. The summed E-state index contributed by atoms with van der Waals surface area (Å²) in [6.45, 7) is 3.65. The Bertz CT molecular complexity index is 1130. The van der Waals surface area contributed by atoms with Crippen LogP contribution in [0.3, 0.4) is 0 Å². The summed E-state index contributed by atoms with van der Waals surface area (Å²) < 4.78 is 35.0. The molecule has 0 unspecified atom stereocenters. The lowest BCUT2D eigenvalue weighted by molar-refractivity contribution is 0.1000. The molecule has 0 radical (unpaired) electrons. The van der Waals surface area contributed by atoms with Gasteiger partial charge in [-0.2, -0.15) is 0 Å². The van der Waals surface area contributed by atoms with Gasteiger partial charge in [0.15, 0.2) is 23.3 Å². The van der Waals surface area contributed by atoms with E-state index in [2.05, 4.69) is 25.9 Å². The first-order valence-electron chi connectivity index (χ1n) is 11.7. The molecule has 1 saturated heterocycles. The van der Waals surface area contributed by atoms with Crippen molar-refractivity contribution in [2.75, 3.05) is 41.8 Å².